The van der Waals surface area contributed by atoms with Crippen LogP contribution in [0.4, 0.5) is 0 Å². The second-order valence-electron chi connectivity index (χ2n) is 4.62. The van der Waals surface area contributed by atoms with Crippen LogP contribution < -0.4 is 0 Å². The van der Waals surface area contributed by atoms with Crippen LogP contribution in [0, 0.1) is 5.41 Å². The van der Waals surface area contributed by atoms with Gasteiger partial charge in [-0.2, -0.15) is 0 Å². The van der Waals surface area contributed by atoms with Gasteiger partial charge in [-0.1, -0.05) is 46.3 Å². The standard InChI is InChI=1S/C16H21BrO4/c1-3-20-14(18)16(10-11-17,15(19)21-4-2)12-13-8-6-5-7-9-13/h5-9H,3-4,10-12H2,1-2H3. The molecule has 0 aliphatic carbocycles. The molecule has 0 fully saturated rings. The lowest BCUT2D eigenvalue weighted by molar-refractivity contribution is -0.172. The Labute approximate surface area is 133 Å². The maximum absolute atomic E-state index is 12.4. The molecular formula is C16H21BrO4. The molecule has 21 heavy (non-hydrogen) atoms. The fourth-order valence-corrected chi connectivity index (χ4v) is 2.84. The van der Waals surface area contributed by atoms with Gasteiger partial charge in [0, 0.05) is 5.33 Å². The van der Waals surface area contributed by atoms with E-state index in [2.05, 4.69) is 15.9 Å². The van der Waals surface area contributed by atoms with Gasteiger partial charge in [0.05, 0.1) is 13.2 Å². The monoisotopic (exact) mass is 356 g/mol. The molecule has 0 unspecified atom stereocenters. The first-order valence-electron chi connectivity index (χ1n) is 7.05. The van der Waals surface area contributed by atoms with E-state index in [-0.39, 0.29) is 19.6 Å². The zero-order valence-electron chi connectivity index (χ0n) is 12.4. The summed E-state index contributed by atoms with van der Waals surface area (Å²) in [7, 11) is 0. The van der Waals surface area contributed by atoms with Gasteiger partial charge in [0.2, 0.25) is 0 Å². The van der Waals surface area contributed by atoms with Crippen molar-refractivity contribution in [3.8, 4) is 0 Å². The molecule has 0 amide bonds. The fourth-order valence-electron chi connectivity index (χ4n) is 2.16. The van der Waals surface area contributed by atoms with Crippen LogP contribution in [0.25, 0.3) is 0 Å². The summed E-state index contributed by atoms with van der Waals surface area (Å²) in [4.78, 5) is 24.9. The number of carbonyl (C=O) groups excluding carboxylic acids is 2. The van der Waals surface area contributed by atoms with Gasteiger partial charge in [0.25, 0.3) is 0 Å². The molecule has 1 aromatic rings. The topological polar surface area (TPSA) is 52.6 Å². The average Bonchev–Trinajstić information content (AvgIpc) is 2.48. The van der Waals surface area contributed by atoms with Crippen molar-refractivity contribution in [3.63, 3.8) is 0 Å². The van der Waals surface area contributed by atoms with Gasteiger partial charge in [0.1, 0.15) is 0 Å². The molecule has 5 heteroatoms. The van der Waals surface area contributed by atoms with Crippen LogP contribution >= 0.6 is 15.9 Å². The Morgan fingerprint density at radius 3 is 2.00 bits per heavy atom. The van der Waals surface area contributed by atoms with Gasteiger partial charge in [-0.15, -0.1) is 0 Å². The van der Waals surface area contributed by atoms with Crippen LogP contribution in [0.1, 0.15) is 25.8 Å². The van der Waals surface area contributed by atoms with Crippen molar-refractivity contribution >= 4 is 27.9 Å². The van der Waals surface area contributed by atoms with Gasteiger partial charge in [-0.3, -0.25) is 9.59 Å². The molecule has 0 aliphatic rings. The minimum absolute atomic E-state index is 0.233. The van der Waals surface area contributed by atoms with Crippen molar-refractivity contribution in [3.05, 3.63) is 35.9 Å². The molecule has 0 saturated carbocycles. The number of benzene rings is 1. The lowest BCUT2D eigenvalue weighted by atomic mass is 9.79. The molecule has 1 rings (SSSR count). The normalized spacial score (nSPS) is 11.0. The van der Waals surface area contributed by atoms with Crippen molar-refractivity contribution in [2.24, 2.45) is 5.41 Å². The van der Waals surface area contributed by atoms with Gasteiger partial charge in [0.15, 0.2) is 5.41 Å². The Kier molecular flexibility index (Phi) is 7.43. The lowest BCUT2D eigenvalue weighted by Gasteiger charge is -2.28. The van der Waals surface area contributed by atoms with Crippen molar-refractivity contribution in [2.75, 3.05) is 18.5 Å². The Morgan fingerprint density at radius 2 is 1.57 bits per heavy atom. The van der Waals surface area contributed by atoms with E-state index in [1.807, 2.05) is 30.3 Å². The van der Waals surface area contributed by atoms with Crippen LogP contribution in [0.2, 0.25) is 0 Å². The fraction of sp³-hybridized carbons (Fsp3) is 0.500. The third kappa shape index (κ3) is 4.56. The van der Waals surface area contributed by atoms with Crippen molar-refractivity contribution < 1.29 is 19.1 Å². The molecule has 4 nitrogen and oxygen atoms in total. The van der Waals surface area contributed by atoms with E-state index in [0.29, 0.717) is 11.8 Å². The molecular weight excluding hydrogens is 336 g/mol. The summed E-state index contributed by atoms with van der Waals surface area (Å²) in [5.41, 5.74) is -0.392. The summed E-state index contributed by atoms with van der Waals surface area (Å²) in [5, 5.41) is 0.511. The Hall–Kier alpha value is -1.36. The van der Waals surface area contributed by atoms with E-state index in [0.717, 1.165) is 5.56 Å². The quantitative estimate of drug-likeness (QED) is 0.408. The summed E-state index contributed by atoms with van der Waals surface area (Å²) in [6.45, 7) is 3.92. The molecule has 0 aliphatic heterocycles. The predicted molar refractivity (Wildman–Crippen MR) is 84.3 cm³/mol. The smallest absolute Gasteiger partial charge is 0.323 e. The summed E-state index contributed by atoms with van der Waals surface area (Å²) in [5.74, 6) is -1.04. The summed E-state index contributed by atoms with van der Waals surface area (Å²) in [6.07, 6.45) is 0.608. The molecule has 0 bridgehead atoms. The van der Waals surface area contributed by atoms with E-state index >= 15 is 0 Å². The summed E-state index contributed by atoms with van der Waals surface area (Å²) in [6, 6.07) is 9.43. The molecule has 0 N–H and O–H groups in total. The minimum Gasteiger partial charge on any atom is -0.465 e. The first kappa shape index (κ1) is 17.7. The maximum Gasteiger partial charge on any atom is 0.323 e. The molecule has 0 saturated heterocycles. The third-order valence-electron chi connectivity index (χ3n) is 3.20. The lowest BCUT2D eigenvalue weighted by Crippen LogP contribution is -2.44. The van der Waals surface area contributed by atoms with E-state index in [1.54, 1.807) is 13.8 Å². The number of esters is 2. The van der Waals surface area contributed by atoms with Crippen LogP contribution in [-0.4, -0.2) is 30.5 Å². The number of hydrogen-bond donors (Lipinski definition) is 0. The largest absolute Gasteiger partial charge is 0.465 e. The minimum atomic E-state index is -1.29. The predicted octanol–water partition coefficient (Wildman–Crippen LogP) is 3.13. The molecule has 0 heterocycles. The molecule has 1 aromatic carbocycles. The van der Waals surface area contributed by atoms with Crippen LogP contribution in [0.5, 0.6) is 0 Å². The summed E-state index contributed by atoms with van der Waals surface area (Å²) >= 11 is 3.32. The number of carbonyl (C=O) groups is 2. The number of halogens is 1. The van der Waals surface area contributed by atoms with E-state index in [9.17, 15) is 9.59 Å². The van der Waals surface area contributed by atoms with Gasteiger partial charge >= 0.3 is 11.9 Å². The second-order valence-corrected chi connectivity index (χ2v) is 5.42. The second kappa shape index (κ2) is 8.82. The Balaban J connectivity index is 3.15. The number of hydrogen-bond acceptors (Lipinski definition) is 4. The molecule has 0 atom stereocenters. The highest BCUT2D eigenvalue weighted by Gasteiger charge is 2.48. The molecule has 0 spiro atoms. The zero-order chi connectivity index (χ0) is 15.7. The number of rotatable bonds is 8. The van der Waals surface area contributed by atoms with E-state index in [1.165, 1.54) is 0 Å². The van der Waals surface area contributed by atoms with Crippen molar-refractivity contribution in [1.82, 2.24) is 0 Å². The van der Waals surface area contributed by atoms with E-state index < -0.39 is 17.4 Å². The van der Waals surface area contributed by atoms with Gasteiger partial charge < -0.3 is 9.47 Å². The SMILES string of the molecule is CCOC(=O)C(CCBr)(Cc1ccccc1)C(=O)OCC. The van der Waals surface area contributed by atoms with Gasteiger partial charge in [-0.05, 0) is 32.3 Å². The van der Waals surface area contributed by atoms with Crippen LogP contribution in [0.3, 0.4) is 0 Å². The van der Waals surface area contributed by atoms with Crippen LogP contribution in [-0.2, 0) is 25.5 Å². The van der Waals surface area contributed by atoms with Crippen LogP contribution in [0.15, 0.2) is 30.3 Å². The highest BCUT2D eigenvalue weighted by molar-refractivity contribution is 9.09. The maximum atomic E-state index is 12.4. The Bertz CT molecular complexity index is 441. The zero-order valence-corrected chi connectivity index (χ0v) is 14.0. The van der Waals surface area contributed by atoms with Gasteiger partial charge in [-0.25, -0.2) is 0 Å². The highest BCUT2D eigenvalue weighted by atomic mass is 79.9. The van der Waals surface area contributed by atoms with E-state index in [4.69, 9.17) is 9.47 Å². The Morgan fingerprint density at radius 1 is 1.05 bits per heavy atom. The highest BCUT2D eigenvalue weighted by Crippen LogP contribution is 2.32. The first-order valence-corrected chi connectivity index (χ1v) is 8.17. The number of ether oxygens (including phenoxy) is 2. The molecule has 0 radical (unpaired) electrons. The number of alkyl halides is 1. The molecule has 0 aromatic heterocycles. The average molecular weight is 357 g/mol. The molecule has 116 valence electrons. The third-order valence-corrected chi connectivity index (χ3v) is 3.60. The van der Waals surface area contributed by atoms with Crippen molar-refractivity contribution in [2.45, 2.75) is 26.7 Å². The first-order chi connectivity index (χ1) is 10.1. The summed E-state index contributed by atoms with van der Waals surface area (Å²) < 4.78 is 10.3. The van der Waals surface area contributed by atoms with Crippen molar-refractivity contribution in [1.29, 1.82) is 0 Å².